The number of pyridine rings is 1. The first kappa shape index (κ1) is 8.06. The maximum Gasteiger partial charge on any atom is 0.240 e. The summed E-state index contributed by atoms with van der Waals surface area (Å²) in [6, 6.07) is 2.11. The number of hydrogen-bond acceptors (Lipinski definition) is 2. The Labute approximate surface area is 76.8 Å². The van der Waals surface area contributed by atoms with E-state index < -0.39 is 0 Å². The monoisotopic (exact) mass is 175 g/mol. The summed E-state index contributed by atoms with van der Waals surface area (Å²) in [7, 11) is 0. The number of nitrogens with zero attached hydrogens (tertiary/aromatic N) is 2. The maximum absolute atomic E-state index is 9.46. The van der Waals surface area contributed by atoms with Crippen molar-refractivity contribution in [3.63, 3.8) is 0 Å². The topological polar surface area (TPSA) is 47.9 Å². The van der Waals surface area contributed by atoms with Crippen LogP contribution in [0.3, 0.4) is 0 Å². The van der Waals surface area contributed by atoms with Gasteiger partial charge in [-0.25, -0.2) is 0 Å². The van der Waals surface area contributed by atoms with E-state index in [0.717, 1.165) is 40.8 Å². The molecular formula is C10H11N2O+. The predicted molar refractivity (Wildman–Crippen MR) is 45.3 cm³/mol. The van der Waals surface area contributed by atoms with E-state index >= 15 is 0 Å². The zero-order chi connectivity index (χ0) is 9.42. The number of fused-ring (bicyclic) bond motifs is 1. The third kappa shape index (κ3) is 1.06. The van der Waals surface area contributed by atoms with E-state index in [2.05, 4.69) is 6.07 Å². The van der Waals surface area contributed by atoms with Crippen molar-refractivity contribution in [3.8, 4) is 6.07 Å². The highest BCUT2D eigenvalue weighted by Crippen LogP contribution is 2.25. The molecule has 1 N–H and O–H groups in total. The van der Waals surface area contributed by atoms with Gasteiger partial charge < -0.3 is 0 Å². The van der Waals surface area contributed by atoms with Crippen molar-refractivity contribution in [2.45, 2.75) is 26.2 Å². The van der Waals surface area contributed by atoms with Crippen molar-refractivity contribution >= 4 is 0 Å². The van der Waals surface area contributed by atoms with E-state index in [9.17, 15) is 5.21 Å². The van der Waals surface area contributed by atoms with Crippen LogP contribution in [0.1, 0.15) is 28.8 Å². The molecule has 66 valence electrons. The fraction of sp³-hybridized carbons (Fsp3) is 0.400. The normalized spacial score (nSPS) is 13.8. The molecule has 0 amide bonds. The average Bonchev–Trinajstić information content (AvgIpc) is 2.60. The van der Waals surface area contributed by atoms with E-state index in [1.54, 1.807) is 0 Å². The molecule has 0 unspecified atom stereocenters. The van der Waals surface area contributed by atoms with Gasteiger partial charge >= 0.3 is 0 Å². The van der Waals surface area contributed by atoms with Gasteiger partial charge in [0.2, 0.25) is 11.9 Å². The van der Waals surface area contributed by atoms with E-state index in [4.69, 9.17) is 5.26 Å². The van der Waals surface area contributed by atoms with Crippen molar-refractivity contribution < 1.29 is 9.94 Å². The van der Waals surface area contributed by atoms with Crippen LogP contribution >= 0.6 is 0 Å². The van der Waals surface area contributed by atoms with Crippen molar-refractivity contribution in [2.24, 2.45) is 0 Å². The summed E-state index contributed by atoms with van der Waals surface area (Å²) >= 11 is 0. The third-order valence-electron chi connectivity index (χ3n) is 2.70. The third-order valence-corrected chi connectivity index (χ3v) is 2.70. The summed E-state index contributed by atoms with van der Waals surface area (Å²) in [4.78, 5) is 0. The van der Waals surface area contributed by atoms with Crippen molar-refractivity contribution in [3.05, 3.63) is 28.6 Å². The van der Waals surface area contributed by atoms with Gasteiger partial charge in [-0.1, -0.05) is 0 Å². The molecular weight excluding hydrogens is 164 g/mol. The van der Waals surface area contributed by atoms with Gasteiger partial charge in [0, 0.05) is 17.2 Å². The van der Waals surface area contributed by atoms with Crippen molar-refractivity contribution in [1.29, 1.82) is 5.26 Å². The summed E-state index contributed by atoms with van der Waals surface area (Å²) in [6.07, 6.45) is 4.55. The minimum atomic E-state index is 0.612. The SMILES string of the molecule is Cc1c2c(c(C#N)c[n+]1O)CCC2. The molecule has 0 saturated heterocycles. The molecule has 3 nitrogen and oxygen atoms in total. The second-order valence-electron chi connectivity index (χ2n) is 3.40. The van der Waals surface area contributed by atoms with Gasteiger partial charge in [-0.15, -0.1) is 0 Å². The van der Waals surface area contributed by atoms with Crippen LogP contribution in [0.4, 0.5) is 0 Å². The lowest BCUT2D eigenvalue weighted by molar-refractivity contribution is -0.909. The van der Waals surface area contributed by atoms with Crippen molar-refractivity contribution in [1.82, 2.24) is 0 Å². The standard InChI is InChI=1S/C10H11N2O/c1-7-9-3-2-4-10(9)8(5-11)6-12(7)13/h6,13H,2-4H2,1H3/q+1. The van der Waals surface area contributed by atoms with Crippen LogP contribution in [0, 0.1) is 18.3 Å². The molecule has 0 spiro atoms. The molecule has 0 aromatic carbocycles. The minimum Gasteiger partial charge on any atom is -0.285 e. The summed E-state index contributed by atoms with van der Waals surface area (Å²) in [5, 5.41) is 18.3. The lowest BCUT2D eigenvalue weighted by atomic mass is 10.1. The molecule has 1 aromatic rings. The molecule has 1 aliphatic carbocycles. The molecule has 0 fully saturated rings. The first-order valence-electron chi connectivity index (χ1n) is 4.40. The van der Waals surface area contributed by atoms with Gasteiger partial charge in [0.05, 0.1) is 0 Å². The molecule has 13 heavy (non-hydrogen) atoms. The largest absolute Gasteiger partial charge is 0.285 e. The Morgan fingerprint density at radius 1 is 1.46 bits per heavy atom. The summed E-state index contributed by atoms with van der Waals surface area (Å²) in [5.74, 6) is 0. The van der Waals surface area contributed by atoms with E-state index in [-0.39, 0.29) is 0 Å². The molecule has 3 heteroatoms. The Morgan fingerprint density at radius 2 is 2.15 bits per heavy atom. The molecule has 1 aliphatic rings. The number of nitriles is 1. The highest BCUT2D eigenvalue weighted by molar-refractivity contribution is 5.43. The Kier molecular flexibility index (Phi) is 1.70. The number of aromatic nitrogens is 1. The first-order chi connectivity index (χ1) is 6.24. The summed E-state index contributed by atoms with van der Waals surface area (Å²) < 4.78 is 1.06. The zero-order valence-corrected chi connectivity index (χ0v) is 7.54. The van der Waals surface area contributed by atoms with Crippen molar-refractivity contribution in [2.75, 3.05) is 0 Å². The highest BCUT2D eigenvalue weighted by atomic mass is 16.5. The van der Waals surface area contributed by atoms with Crippen LogP contribution in [0.15, 0.2) is 6.20 Å². The molecule has 0 atom stereocenters. The van der Waals surface area contributed by atoms with Gasteiger partial charge in [-0.2, -0.15) is 5.26 Å². The summed E-state index contributed by atoms with van der Waals surface area (Å²) in [5.41, 5.74) is 3.76. The molecule has 0 aliphatic heterocycles. The quantitative estimate of drug-likeness (QED) is 0.470. The smallest absolute Gasteiger partial charge is 0.240 e. The zero-order valence-electron chi connectivity index (χ0n) is 7.54. The number of hydrogen-bond donors (Lipinski definition) is 1. The van der Waals surface area contributed by atoms with Gasteiger partial charge in [0.25, 0.3) is 0 Å². The minimum absolute atomic E-state index is 0.612. The molecule has 1 heterocycles. The van der Waals surface area contributed by atoms with Crippen LogP contribution in [0.25, 0.3) is 0 Å². The second-order valence-corrected chi connectivity index (χ2v) is 3.40. The van der Waals surface area contributed by atoms with Gasteiger partial charge in [-0.05, 0) is 24.8 Å². The first-order valence-corrected chi connectivity index (χ1v) is 4.40. The Balaban J connectivity index is 2.73. The van der Waals surface area contributed by atoms with Crippen LogP contribution in [0.5, 0.6) is 0 Å². The molecule has 1 aromatic heterocycles. The predicted octanol–water partition coefficient (Wildman–Crippen LogP) is 0.880. The number of rotatable bonds is 0. The van der Waals surface area contributed by atoms with Crippen LogP contribution in [-0.4, -0.2) is 5.21 Å². The maximum atomic E-state index is 9.46. The fourth-order valence-electron chi connectivity index (χ4n) is 1.97. The molecule has 0 bridgehead atoms. The fourth-order valence-corrected chi connectivity index (χ4v) is 1.97. The highest BCUT2D eigenvalue weighted by Gasteiger charge is 2.24. The lowest BCUT2D eigenvalue weighted by Crippen LogP contribution is -2.35. The van der Waals surface area contributed by atoms with Gasteiger partial charge in [-0.3, -0.25) is 5.21 Å². The molecule has 0 saturated carbocycles. The van der Waals surface area contributed by atoms with Crippen LogP contribution in [0.2, 0.25) is 0 Å². The molecule has 2 rings (SSSR count). The summed E-state index contributed by atoms with van der Waals surface area (Å²) in [6.45, 7) is 1.88. The molecule has 0 radical (unpaired) electrons. The van der Waals surface area contributed by atoms with E-state index in [1.807, 2.05) is 6.92 Å². The van der Waals surface area contributed by atoms with Crippen LogP contribution in [-0.2, 0) is 12.8 Å². The average molecular weight is 175 g/mol. The Morgan fingerprint density at radius 3 is 2.85 bits per heavy atom. The van der Waals surface area contributed by atoms with Crippen LogP contribution < -0.4 is 4.73 Å². The second kappa shape index (κ2) is 2.74. The Bertz CT molecular complexity index is 404. The van der Waals surface area contributed by atoms with E-state index in [0.29, 0.717) is 5.56 Å². The van der Waals surface area contributed by atoms with E-state index in [1.165, 1.54) is 6.20 Å². The van der Waals surface area contributed by atoms with Gasteiger partial charge in [0.15, 0.2) is 0 Å². The van der Waals surface area contributed by atoms with Gasteiger partial charge in [0.1, 0.15) is 11.6 Å². The lowest BCUT2D eigenvalue weighted by Gasteiger charge is -2.00. The Hall–Kier alpha value is -1.56.